The maximum Gasteiger partial charge on any atom is 0.311 e. The molecule has 0 saturated heterocycles. The van der Waals surface area contributed by atoms with Gasteiger partial charge >= 0.3 is 5.69 Å². The fraction of sp³-hybridized carbons (Fsp3) is 0.417. The lowest BCUT2D eigenvalue weighted by Gasteiger charge is -2.11. The average molecular weight is 284 g/mol. The number of nitriles is 1. The van der Waals surface area contributed by atoms with E-state index in [1.807, 2.05) is 6.92 Å². The van der Waals surface area contributed by atoms with E-state index in [4.69, 9.17) is 21.6 Å². The molecular weight excluding hydrogens is 270 g/mol. The third-order valence-electron chi connectivity index (χ3n) is 2.39. The number of halogens is 1. The summed E-state index contributed by atoms with van der Waals surface area (Å²) in [7, 11) is 0. The van der Waals surface area contributed by atoms with Crippen molar-refractivity contribution in [3.8, 4) is 11.8 Å². The van der Waals surface area contributed by atoms with Crippen LogP contribution >= 0.6 is 11.6 Å². The normalized spacial score (nSPS) is 11.6. The highest BCUT2D eigenvalue weighted by molar-refractivity contribution is 6.30. The van der Waals surface area contributed by atoms with Crippen LogP contribution in [-0.4, -0.2) is 24.1 Å². The fourth-order valence-electron chi connectivity index (χ4n) is 1.50. The van der Waals surface area contributed by atoms with Gasteiger partial charge in [-0.1, -0.05) is 18.5 Å². The van der Waals surface area contributed by atoms with Crippen molar-refractivity contribution in [1.29, 1.82) is 5.26 Å². The van der Waals surface area contributed by atoms with E-state index >= 15 is 0 Å². The lowest BCUT2D eigenvalue weighted by Crippen LogP contribution is -2.28. The van der Waals surface area contributed by atoms with Gasteiger partial charge in [0.15, 0.2) is 5.75 Å². The standard InChI is InChI=1S/C12H14ClN3O3/c1-2-15-10(8-14)5-6-19-12-7-9(13)3-4-11(12)16(17)18/h3-4,7,10,15H,2,5-6H2,1H3. The Bertz CT molecular complexity index is 488. The molecule has 102 valence electrons. The van der Waals surface area contributed by atoms with E-state index in [1.54, 1.807) is 0 Å². The van der Waals surface area contributed by atoms with Crippen molar-refractivity contribution in [2.75, 3.05) is 13.2 Å². The number of nitrogens with zero attached hydrogens (tertiary/aromatic N) is 2. The minimum absolute atomic E-state index is 0.116. The van der Waals surface area contributed by atoms with E-state index in [2.05, 4.69) is 11.4 Å². The van der Waals surface area contributed by atoms with E-state index < -0.39 is 4.92 Å². The van der Waals surface area contributed by atoms with Crippen molar-refractivity contribution in [3.63, 3.8) is 0 Å². The third kappa shape index (κ3) is 4.73. The highest BCUT2D eigenvalue weighted by atomic mass is 35.5. The van der Waals surface area contributed by atoms with Gasteiger partial charge in [0.05, 0.1) is 23.6 Å². The molecule has 19 heavy (non-hydrogen) atoms. The van der Waals surface area contributed by atoms with Crippen molar-refractivity contribution in [3.05, 3.63) is 33.3 Å². The molecular formula is C12H14ClN3O3. The summed E-state index contributed by atoms with van der Waals surface area (Å²) in [5, 5.41) is 23.0. The lowest BCUT2D eigenvalue weighted by molar-refractivity contribution is -0.385. The van der Waals surface area contributed by atoms with Gasteiger partial charge in [-0.05, 0) is 12.6 Å². The van der Waals surface area contributed by atoms with Crippen molar-refractivity contribution in [1.82, 2.24) is 5.32 Å². The number of nitro groups is 1. The summed E-state index contributed by atoms with van der Waals surface area (Å²) in [6.07, 6.45) is 0.438. The van der Waals surface area contributed by atoms with E-state index in [0.717, 1.165) is 0 Å². The fourth-order valence-corrected chi connectivity index (χ4v) is 1.66. The first-order chi connectivity index (χ1) is 9.08. The van der Waals surface area contributed by atoms with Gasteiger partial charge in [-0.15, -0.1) is 0 Å². The summed E-state index contributed by atoms with van der Waals surface area (Å²) >= 11 is 5.77. The molecule has 0 saturated carbocycles. The predicted molar refractivity (Wildman–Crippen MR) is 71.3 cm³/mol. The lowest BCUT2D eigenvalue weighted by atomic mass is 10.2. The van der Waals surface area contributed by atoms with Crippen LogP contribution in [0.4, 0.5) is 5.69 Å². The summed E-state index contributed by atoms with van der Waals surface area (Å²) in [6, 6.07) is 5.88. The molecule has 1 aromatic rings. The third-order valence-corrected chi connectivity index (χ3v) is 2.62. The second-order valence-electron chi connectivity index (χ2n) is 3.75. The summed E-state index contributed by atoms with van der Waals surface area (Å²) in [5.41, 5.74) is -0.138. The molecule has 0 aliphatic carbocycles. The van der Waals surface area contributed by atoms with Crippen LogP contribution in [0.3, 0.4) is 0 Å². The van der Waals surface area contributed by atoms with E-state index in [0.29, 0.717) is 18.0 Å². The molecule has 1 aromatic carbocycles. The van der Waals surface area contributed by atoms with Crippen molar-refractivity contribution >= 4 is 17.3 Å². The Labute approximate surface area is 116 Å². The summed E-state index contributed by atoms with van der Waals surface area (Å²) < 4.78 is 5.34. The monoisotopic (exact) mass is 283 g/mol. The Hall–Kier alpha value is -1.84. The van der Waals surface area contributed by atoms with Gasteiger partial charge in [-0.2, -0.15) is 5.26 Å². The molecule has 0 heterocycles. The van der Waals surface area contributed by atoms with Crippen molar-refractivity contribution in [2.24, 2.45) is 0 Å². The number of benzene rings is 1. The average Bonchev–Trinajstić information content (AvgIpc) is 2.37. The summed E-state index contributed by atoms with van der Waals surface area (Å²) in [6.45, 7) is 2.77. The van der Waals surface area contributed by atoms with Gasteiger partial charge in [-0.3, -0.25) is 10.1 Å². The smallest absolute Gasteiger partial charge is 0.311 e. The Morgan fingerprint density at radius 1 is 1.63 bits per heavy atom. The van der Waals surface area contributed by atoms with Gasteiger partial charge in [0.2, 0.25) is 0 Å². The molecule has 0 aliphatic rings. The highest BCUT2D eigenvalue weighted by Crippen LogP contribution is 2.29. The van der Waals surface area contributed by atoms with Crippen LogP contribution in [0.15, 0.2) is 18.2 Å². The van der Waals surface area contributed by atoms with Crippen LogP contribution in [0.5, 0.6) is 5.75 Å². The molecule has 1 N–H and O–H groups in total. The molecule has 0 aliphatic heterocycles. The van der Waals surface area contributed by atoms with Gasteiger partial charge < -0.3 is 10.1 Å². The molecule has 0 spiro atoms. The van der Waals surface area contributed by atoms with Gasteiger partial charge in [-0.25, -0.2) is 0 Å². The molecule has 6 nitrogen and oxygen atoms in total. The molecule has 0 radical (unpaired) electrons. The zero-order valence-electron chi connectivity index (χ0n) is 10.4. The number of hydrogen-bond donors (Lipinski definition) is 1. The second-order valence-corrected chi connectivity index (χ2v) is 4.18. The predicted octanol–water partition coefficient (Wildman–Crippen LogP) is 2.52. The summed E-state index contributed by atoms with van der Waals surface area (Å²) in [5.74, 6) is 0.116. The Kier molecular flexibility index (Phi) is 6.06. The van der Waals surface area contributed by atoms with E-state index in [-0.39, 0.29) is 24.1 Å². The molecule has 1 unspecified atom stereocenters. The number of ether oxygens (including phenoxy) is 1. The van der Waals surface area contributed by atoms with Crippen LogP contribution in [0.2, 0.25) is 5.02 Å². The second kappa shape index (κ2) is 7.56. The molecule has 0 fully saturated rings. The molecule has 0 aromatic heterocycles. The van der Waals surface area contributed by atoms with E-state index in [9.17, 15) is 10.1 Å². The Morgan fingerprint density at radius 3 is 2.95 bits per heavy atom. The van der Waals surface area contributed by atoms with Crippen molar-refractivity contribution < 1.29 is 9.66 Å². The summed E-state index contributed by atoms with van der Waals surface area (Å²) in [4.78, 5) is 10.3. The number of hydrogen-bond acceptors (Lipinski definition) is 5. The minimum Gasteiger partial charge on any atom is -0.487 e. The van der Waals surface area contributed by atoms with Crippen LogP contribution in [0, 0.1) is 21.4 Å². The van der Waals surface area contributed by atoms with Crippen LogP contribution < -0.4 is 10.1 Å². The first-order valence-electron chi connectivity index (χ1n) is 5.78. The maximum absolute atomic E-state index is 10.8. The molecule has 1 rings (SSSR count). The van der Waals surface area contributed by atoms with Crippen LogP contribution in [0.1, 0.15) is 13.3 Å². The van der Waals surface area contributed by atoms with E-state index in [1.165, 1.54) is 18.2 Å². The number of nitrogens with one attached hydrogen (secondary N) is 1. The molecule has 0 amide bonds. The molecule has 0 bridgehead atoms. The molecule has 1 atom stereocenters. The van der Waals surface area contributed by atoms with Crippen LogP contribution in [-0.2, 0) is 0 Å². The quantitative estimate of drug-likeness (QED) is 0.613. The maximum atomic E-state index is 10.8. The number of rotatable bonds is 7. The molecule has 7 heteroatoms. The zero-order valence-corrected chi connectivity index (χ0v) is 11.2. The van der Waals surface area contributed by atoms with Gasteiger partial charge in [0, 0.05) is 23.6 Å². The first kappa shape index (κ1) is 15.2. The zero-order chi connectivity index (χ0) is 14.3. The van der Waals surface area contributed by atoms with Crippen LogP contribution in [0.25, 0.3) is 0 Å². The number of nitro benzene ring substituents is 1. The van der Waals surface area contributed by atoms with Crippen molar-refractivity contribution in [2.45, 2.75) is 19.4 Å². The van der Waals surface area contributed by atoms with Gasteiger partial charge in [0.1, 0.15) is 0 Å². The highest BCUT2D eigenvalue weighted by Gasteiger charge is 2.16. The SMILES string of the molecule is CCNC(C#N)CCOc1cc(Cl)ccc1[N+](=O)[O-]. The largest absolute Gasteiger partial charge is 0.487 e. The minimum atomic E-state index is -0.530. The Morgan fingerprint density at radius 2 is 2.37 bits per heavy atom. The topological polar surface area (TPSA) is 88.2 Å². The van der Waals surface area contributed by atoms with Gasteiger partial charge in [0.25, 0.3) is 0 Å². The first-order valence-corrected chi connectivity index (χ1v) is 6.16. The Balaban J connectivity index is 2.64.